The number of ether oxygens (including phenoxy) is 3. The third-order valence-corrected chi connectivity index (χ3v) is 6.14. The number of halogens is 1. The van der Waals surface area contributed by atoms with E-state index in [2.05, 4.69) is 18.3 Å². The van der Waals surface area contributed by atoms with E-state index in [9.17, 15) is 4.39 Å². The van der Waals surface area contributed by atoms with E-state index in [0.29, 0.717) is 17.6 Å². The van der Waals surface area contributed by atoms with Crippen molar-refractivity contribution >= 4 is 0 Å². The number of nitrogens with one attached hydrogen (secondary N) is 1. The molecular weight excluding hydrogens is 381 g/mol. The van der Waals surface area contributed by atoms with Gasteiger partial charge in [-0.2, -0.15) is 0 Å². The quantitative estimate of drug-likeness (QED) is 0.677. The van der Waals surface area contributed by atoms with Crippen LogP contribution in [-0.2, 0) is 11.2 Å². The highest BCUT2D eigenvalue weighted by molar-refractivity contribution is 5.42. The first-order chi connectivity index (χ1) is 14.6. The van der Waals surface area contributed by atoms with Crippen LogP contribution in [0.15, 0.2) is 42.5 Å². The number of methoxy groups -OCH3 is 1. The molecule has 5 heteroatoms. The second kappa shape index (κ2) is 9.80. The molecule has 1 aliphatic carbocycles. The molecule has 1 fully saturated rings. The average molecular weight is 414 g/mol. The maximum Gasteiger partial charge on any atom is 0.130 e. The molecule has 2 atom stereocenters. The van der Waals surface area contributed by atoms with Crippen molar-refractivity contribution in [2.45, 2.75) is 69.7 Å². The van der Waals surface area contributed by atoms with Crippen molar-refractivity contribution in [2.24, 2.45) is 0 Å². The highest BCUT2D eigenvalue weighted by Crippen LogP contribution is 2.38. The third kappa shape index (κ3) is 5.13. The summed E-state index contributed by atoms with van der Waals surface area (Å²) in [5.41, 5.74) is 1.78. The van der Waals surface area contributed by atoms with E-state index in [0.717, 1.165) is 62.2 Å². The van der Waals surface area contributed by atoms with Crippen LogP contribution in [0.1, 0.15) is 56.3 Å². The van der Waals surface area contributed by atoms with Gasteiger partial charge in [-0.3, -0.25) is 0 Å². The van der Waals surface area contributed by atoms with Crippen molar-refractivity contribution in [3.63, 3.8) is 0 Å². The van der Waals surface area contributed by atoms with Gasteiger partial charge in [0.25, 0.3) is 0 Å². The van der Waals surface area contributed by atoms with Crippen molar-refractivity contribution in [3.05, 3.63) is 59.4 Å². The molecule has 2 aromatic rings. The predicted octanol–water partition coefficient (Wildman–Crippen LogP) is 5.21. The molecule has 0 spiro atoms. The molecule has 2 unspecified atom stereocenters. The van der Waals surface area contributed by atoms with Crippen LogP contribution in [0.25, 0.3) is 0 Å². The summed E-state index contributed by atoms with van der Waals surface area (Å²) in [5, 5.41) is 3.64. The lowest BCUT2D eigenvalue weighted by atomic mass is 9.92. The van der Waals surface area contributed by atoms with Crippen LogP contribution >= 0.6 is 0 Å². The summed E-state index contributed by atoms with van der Waals surface area (Å²) in [7, 11) is 1.74. The summed E-state index contributed by atoms with van der Waals surface area (Å²) in [4.78, 5) is 0. The Morgan fingerprint density at radius 2 is 1.90 bits per heavy atom. The monoisotopic (exact) mass is 413 g/mol. The average Bonchev–Trinajstić information content (AvgIpc) is 2.75. The number of benzene rings is 2. The lowest BCUT2D eigenvalue weighted by molar-refractivity contribution is 0.123. The van der Waals surface area contributed by atoms with Gasteiger partial charge >= 0.3 is 0 Å². The fourth-order valence-corrected chi connectivity index (χ4v) is 4.63. The van der Waals surface area contributed by atoms with E-state index in [1.807, 2.05) is 24.3 Å². The van der Waals surface area contributed by atoms with E-state index in [4.69, 9.17) is 14.2 Å². The Labute approximate surface area is 178 Å². The molecule has 1 heterocycles. The Balaban J connectivity index is 1.31. The van der Waals surface area contributed by atoms with Crippen molar-refractivity contribution in [2.75, 3.05) is 13.7 Å². The summed E-state index contributed by atoms with van der Waals surface area (Å²) in [6.45, 7) is 2.91. The summed E-state index contributed by atoms with van der Waals surface area (Å²) >= 11 is 0. The molecular formula is C25H32FNO3. The largest absolute Gasteiger partial charge is 0.490 e. The summed E-state index contributed by atoms with van der Waals surface area (Å²) < 4.78 is 31.7. The second-order valence-corrected chi connectivity index (χ2v) is 8.55. The smallest absolute Gasteiger partial charge is 0.130 e. The Morgan fingerprint density at radius 1 is 1.10 bits per heavy atom. The topological polar surface area (TPSA) is 39.7 Å². The molecule has 0 amide bonds. The first kappa shape index (κ1) is 21.1. The zero-order valence-electron chi connectivity index (χ0n) is 17.9. The maximum absolute atomic E-state index is 14.1. The Bertz CT molecular complexity index is 835. The molecule has 4 nitrogen and oxygen atoms in total. The van der Waals surface area contributed by atoms with Crippen LogP contribution in [0, 0.1) is 5.82 Å². The predicted molar refractivity (Wildman–Crippen MR) is 116 cm³/mol. The second-order valence-electron chi connectivity index (χ2n) is 8.55. The van der Waals surface area contributed by atoms with Crippen molar-refractivity contribution in [1.82, 2.24) is 5.32 Å². The van der Waals surface area contributed by atoms with E-state index in [1.165, 1.54) is 6.07 Å². The Kier molecular flexibility index (Phi) is 6.90. The van der Waals surface area contributed by atoms with Crippen LogP contribution < -0.4 is 14.8 Å². The van der Waals surface area contributed by atoms with Crippen LogP contribution in [0.3, 0.4) is 0 Å². The first-order valence-corrected chi connectivity index (χ1v) is 11.1. The summed E-state index contributed by atoms with van der Waals surface area (Å²) in [6.07, 6.45) is 6.02. The zero-order chi connectivity index (χ0) is 20.9. The molecule has 0 aromatic heterocycles. The molecule has 2 aliphatic rings. The van der Waals surface area contributed by atoms with Crippen LogP contribution in [0.4, 0.5) is 4.39 Å². The molecule has 0 saturated heterocycles. The van der Waals surface area contributed by atoms with Crippen molar-refractivity contribution < 1.29 is 18.6 Å². The summed E-state index contributed by atoms with van der Waals surface area (Å²) in [6, 6.07) is 13.8. The Hall–Kier alpha value is -2.11. The van der Waals surface area contributed by atoms with Gasteiger partial charge < -0.3 is 19.5 Å². The van der Waals surface area contributed by atoms with Crippen LogP contribution in [0.5, 0.6) is 11.5 Å². The molecule has 1 aliphatic heterocycles. The van der Waals surface area contributed by atoms with Gasteiger partial charge in [-0.15, -0.1) is 0 Å². The number of hydrogen-bond acceptors (Lipinski definition) is 4. The fourth-order valence-electron chi connectivity index (χ4n) is 4.63. The molecule has 1 saturated carbocycles. The van der Waals surface area contributed by atoms with Gasteiger partial charge in [-0.1, -0.05) is 18.2 Å². The maximum atomic E-state index is 14.1. The van der Waals surface area contributed by atoms with Crippen molar-refractivity contribution in [1.29, 1.82) is 0 Å². The molecule has 0 radical (unpaired) electrons. The van der Waals surface area contributed by atoms with Crippen molar-refractivity contribution in [3.8, 4) is 11.5 Å². The minimum Gasteiger partial charge on any atom is -0.490 e. The standard InChI is InChI=1S/C25H32FNO3/c1-17(16-28-2)27-19-8-10-20(11-9-19)29-21-12-14-24-18(15-21)7-13-25(30-24)22-5-3-4-6-23(22)26/h3-6,12,14-15,17,19-20,25,27H,7-11,13,16H2,1-2H3. The van der Waals surface area contributed by atoms with Gasteiger partial charge in [-0.05, 0) is 75.3 Å². The van der Waals surface area contributed by atoms with Crippen LogP contribution in [0.2, 0.25) is 0 Å². The number of fused-ring (bicyclic) bond motifs is 1. The van der Waals surface area contributed by atoms with E-state index >= 15 is 0 Å². The highest BCUT2D eigenvalue weighted by atomic mass is 19.1. The van der Waals surface area contributed by atoms with Crippen LogP contribution in [-0.4, -0.2) is 31.9 Å². The lowest BCUT2D eigenvalue weighted by Crippen LogP contribution is -2.42. The summed E-state index contributed by atoms with van der Waals surface area (Å²) in [5.74, 6) is 1.54. The molecule has 30 heavy (non-hydrogen) atoms. The molecule has 4 rings (SSSR count). The molecule has 2 aromatic carbocycles. The number of aryl methyl sites for hydroxylation is 1. The lowest BCUT2D eigenvalue weighted by Gasteiger charge is -2.32. The van der Waals surface area contributed by atoms with E-state index in [-0.39, 0.29) is 18.0 Å². The van der Waals surface area contributed by atoms with Gasteiger partial charge in [0.1, 0.15) is 23.4 Å². The highest BCUT2D eigenvalue weighted by Gasteiger charge is 2.26. The number of rotatable bonds is 7. The Morgan fingerprint density at radius 3 is 2.67 bits per heavy atom. The minimum atomic E-state index is -0.228. The normalized spacial score (nSPS) is 24.6. The van der Waals surface area contributed by atoms with E-state index < -0.39 is 0 Å². The van der Waals surface area contributed by atoms with Gasteiger partial charge in [0, 0.05) is 24.8 Å². The fraction of sp³-hybridized carbons (Fsp3) is 0.520. The first-order valence-electron chi connectivity index (χ1n) is 11.1. The molecule has 162 valence electrons. The third-order valence-electron chi connectivity index (χ3n) is 6.14. The van der Waals surface area contributed by atoms with Gasteiger partial charge in [0.2, 0.25) is 0 Å². The van der Waals surface area contributed by atoms with Gasteiger partial charge in [-0.25, -0.2) is 4.39 Å². The van der Waals surface area contributed by atoms with E-state index in [1.54, 1.807) is 13.2 Å². The van der Waals surface area contributed by atoms with Gasteiger partial charge in [0.15, 0.2) is 0 Å². The number of hydrogen-bond donors (Lipinski definition) is 1. The molecule has 0 bridgehead atoms. The minimum absolute atomic E-state index is 0.201. The zero-order valence-corrected chi connectivity index (χ0v) is 17.9. The molecule has 1 N–H and O–H groups in total. The SMILES string of the molecule is COCC(C)NC1CCC(Oc2ccc3c(c2)CCC(c2ccccc2F)O3)CC1. The van der Waals surface area contributed by atoms with Gasteiger partial charge in [0.05, 0.1) is 12.7 Å².